The monoisotopic (exact) mass is 121 g/mol. The van der Waals surface area contributed by atoms with Crippen LogP contribution in [-0.4, -0.2) is 0 Å². The molecular weight excluding hydrogens is 119 g/mol. The summed E-state index contributed by atoms with van der Waals surface area (Å²) >= 11 is 0. The van der Waals surface area contributed by atoms with E-state index in [0.29, 0.717) is 0 Å². The molecule has 35 valence electrons. The van der Waals surface area contributed by atoms with Crippen molar-refractivity contribution in [3.05, 3.63) is 16.3 Å². The SMILES string of the molecule is O=N[O-].[Co].[NH2-]. The summed E-state index contributed by atoms with van der Waals surface area (Å²) in [5.41, 5.74) is 0. The molecule has 0 bridgehead atoms. The molecule has 0 aromatic carbocycles. The number of nitrogens with two attached hydrogens (primary N) is 1. The molecule has 4 nitrogen and oxygen atoms in total. The first-order chi connectivity index (χ1) is 1.41. The molecule has 5 heteroatoms. The summed E-state index contributed by atoms with van der Waals surface area (Å²) in [7, 11) is 0. The van der Waals surface area contributed by atoms with Crippen LogP contribution in [-0.2, 0) is 16.8 Å². The Kier molecular flexibility index (Phi) is 177. The summed E-state index contributed by atoms with van der Waals surface area (Å²) in [6.45, 7) is 0. The Labute approximate surface area is 39.3 Å². The molecule has 0 spiro atoms. The quantitative estimate of drug-likeness (QED) is 0.353. The minimum absolute atomic E-state index is 0. The van der Waals surface area contributed by atoms with E-state index in [9.17, 15) is 0 Å². The van der Waals surface area contributed by atoms with E-state index in [-0.39, 0.29) is 22.9 Å². The number of hydrogen-bond acceptors (Lipinski definition) is 3. The molecule has 0 unspecified atom stereocenters. The molecule has 0 aromatic rings. The molecule has 0 saturated carbocycles. The van der Waals surface area contributed by atoms with Crippen molar-refractivity contribution in [2.45, 2.75) is 0 Å². The van der Waals surface area contributed by atoms with Gasteiger partial charge < -0.3 is 16.3 Å². The third kappa shape index (κ3) is 756. The first kappa shape index (κ1) is 20.9. The zero-order valence-corrected chi connectivity index (χ0v) is 3.22. The van der Waals surface area contributed by atoms with Gasteiger partial charge in [-0.25, -0.2) is 0 Å². The van der Waals surface area contributed by atoms with Gasteiger partial charge in [0.2, 0.25) is 0 Å². The molecule has 0 aliphatic carbocycles. The van der Waals surface area contributed by atoms with E-state index < -0.39 is 0 Å². The zero-order chi connectivity index (χ0) is 2.71. The van der Waals surface area contributed by atoms with Gasteiger partial charge in [-0.2, -0.15) is 0 Å². The third-order valence-corrected chi connectivity index (χ3v) is 0. The average Bonchev–Trinajstić information content (AvgIpc) is 0.918. The van der Waals surface area contributed by atoms with E-state index in [4.69, 9.17) is 10.1 Å². The molecule has 5 heavy (non-hydrogen) atoms. The van der Waals surface area contributed by atoms with Crippen molar-refractivity contribution >= 4 is 0 Å². The fourth-order valence-corrected chi connectivity index (χ4v) is 0. The largest absolute Gasteiger partial charge is 0.693 e. The van der Waals surface area contributed by atoms with Crippen LogP contribution in [0.5, 0.6) is 0 Å². The van der Waals surface area contributed by atoms with Crippen molar-refractivity contribution in [3.63, 3.8) is 0 Å². The molecule has 0 aliphatic heterocycles. The van der Waals surface area contributed by atoms with Gasteiger partial charge >= 0.3 is 0 Å². The van der Waals surface area contributed by atoms with Crippen LogP contribution in [0.1, 0.15) is 0 Å². The number of hydrogen-bond donors (Lipinski definition) is 0. The van der Waals surface area contributed by atoms with E-state index in [1.54, 1.807) is 0 Å². The van der Waals surface area contributed by atoms with Crippen LogP contribution in [0, 0.1) is 10.1 Å². The van der Waals surface area contributed by atoms with Gasteiger partial charge in [0.1, 0.15) is 0 Å². The molecule has 0 atom stereocenters. The maximum absolute atomic E-state index is 8.00. The minimum Gasteiger partial charge on any atom is -0.693 e. The maximum atomic E-state index is 8.00. The van der Waals surface area contributed by atoms with Gasteiger partial charge in [0, 0.05) is 16.8 Å². The van der Waals surface area contributed by atoms with Crippen molar-refractivity contribution in [2.24, 2.45) is 5.34 Å². The van der Waals surface area contributed by atoms with E-state index in [2.05, 4.69) is 0 Å². The van der Waals surface area contributed by atoms with Gasteiger partial charge in [-0.3, -0.25) is 0 Å². The van der Waals surface area contributed by atoms with Gasteiger partial charge in [-0.15, -0.1) is 5.34 Å². The Hall–Kier alpha value is -0.134. The predicted molar refractivity (Wildman–Crippen MR) is 14.4 cm³/mol. The molecule has 0 rings (SSSR count). The van der Waals surface area contributed by atoms with Gasteiger partial charge in [0.15, 0.2) is 0 Å². The standard InChI is InChI=1S/Co.HNO2.H2N/c;2-1-3;/h;(H,2,3);1H2/q;;-1/p-1. The minimum atomic E-state index is 0. The van der Waals surface area contributed by atoms with Gasteiger partial charge in [-0.05, 0) is 0 Å². The van der Waals surface area contributed by atoms with E-state index in [1.807, 2.05) is 0 Å². The van der Waals surface area contributed by atoms with Crippen LogP contribution in [0.2, 0.25) is 0 Å². The summed E-state index contributed by atoms with van der Waals surface area (Å²) < 4.78 is 0. The van der Waals surface area contributed by atoms with Crippen LogP contribution in [0.3, 0.4) is 0 Å². The molecule has 1 radical (unpaired) electrons. The van der Waals surface area contributed by atoms with Gasteiger partial charge in [0.25, 0.3) is 0 Å². The summed E-state index contributed by atoms with van der Waals surface area (Å²) in [4.78, 5) is 8.00. The Balaban J connectivity index is -0.0000000200. The molecule has 0 amide bonds. The van der Waals surface area contributed by atoms with Crippen LogP contribution < -0.4 is 0 Å². The Morgan fingerprint density at radius 1 is 1.60 bits per heavy atom. The second-order valence-electron chi connectivity index (χ2n) is 0.0745. The number of rotatable bonds is 0. The topological polar surface area (TPSA) is 86.0 Å². The molecule has 0 aliphatic rings. The molecular formula is H2CoN2O2-2. The molecule has 0 saturated heterocycles. The fourth-order valence-electron chi connectivity index (χ4n) is 0. The third-order valence-electron chi connectivity index (χ3n) is 0. The van der Waals surface area contributed by atoms with Crippen molar-refractivity contribution in [2.75, 3.05) is 0 Å². The molecule has 0 heterocycles. The number of nitrogens with zero attached hydrogens (tertiary/aromatic N) is 1. The second-order valence-corrected chi connectivity index (χ2v) is 0.0745. The Morgan fingerprint density at radius 2 is 1.60 bits per heavy atom. The Morgan fingerprint density at radius 3 is 1.60 bits per heavy atom. The summed E-state index contributed by atoms with van der Waals surface area (Å²) in [5.74, 6) is 0. The fraction of sp³-hybridized carbons (Fsp3) is 0. The van der Waals surface area contributed by atoms with Gasteiger partial charge in [0.05, 0.1) is 0 Å². The second kappa shape index (κ2) is 42.3. The van der Waals surface area contributed by atoms with Crippen molar-refractivity contribution in [3.8, 4) is 0 Å². The van der Waals surface area contributed by atoms with Crippen molar-refractivity contribution in [1.29, 1.82) is 0 Å². The summed E-state index contributed by atoms with van der Waals surface area (Å²) in [6, 6.07) is 0. The van der Waals surface area contributed by atoms with Crippen LogP contribution in [0.15, 0.2) is 5.34 Å². The maximum Gasteiger partial charge on any atom is 0 e. The van der Waals surface area contributed by atoms with Crippen LogP contribution in [0.25, 0.3) is 6.15 Å². The van der Waals surface area contributed by atoms with E-state index >= 15 is 0 Å². The Bertz CT molecular complexity index is 15.1. The summed E-state index contributed by atoms with van der Waals surface area (Å²) in [6.07, 6.45) is 0. The zero-order valence-electron chi connectivity index (χ0n) is 2.17. The predicted octanol–water partition coefficient (Wildman–Crippen LogP) is 0.965. The average molecular weight is 121 g/mol. The van der Waals surface area contributed by atoms with Crippen LogP contribution >= 0.6 is 0 Å². The molecule has 0 aromatic heterocycles. The first-order valence-corrected chi connectivity index (χ1v) is 0.365. The van der Waals surface area contributed by atoms with E-state index in [1.165, 1.54) is 0 Å². The van der Waals surface area contributed by atoms with Crippen molar-refractivity contribution in [1.82, 2.24) is 0 Å². The van der Waals surface area contributed by atoms with Gasteiger partial charge in [-0.1, -0.05) is 0 Å². The normalized spacial score (nSPS) is 2.40. The summed E-state index contributed by atoms with van der Waals surface area (Å²) in [5, 5.41) is 9.00. The molecule has 2 N–H and O–H groups in total. The molecule has 0 fully saturated rings. The van der Waals surface area contributed by atoms with Crippen LogP contribution in [0.4, 0.5) is 0 Å². The smallest absolute Gasteiger partial charge is 0 e. The van der Waals surface area contributed by atoms with E-state index in [0.717, 1.165) is 5.34 Å². The van der Waals surface area contributed by atoms with Crippen molar-refractivity contribution < 1.29 is 16.8 Å². The first-order valence-electron chi connectivity index (χ1n) is 0.365.